The van der Waals surface area contributed by atoms with Crippen LogP contribution in [0.2, 0.25) is 0 Å². The van der Waals surface area contributed by atoms with Crippen LogP contribution in [0.25, 0.3) is 88.4 Å². The maximum absolute atomic E-state index is 2.40. The van der Waals surface area contributed by atoms with E-state index in [0.29, 0.717) is 0 Å². The van der Waals surface area contributed by atoms with E-state index >= 15 is 0 Å². The maximum atomic E-state index is 2.40. The molecule has 0 spiro atoms. The summed E-state index contributed by atoms with van der Waals surface area (Å²) in [6.07, 6.45) is 0. The van der Waals surface area contributed by atoms with Crippen molar-refractivity contribution in [1.29, 1.82) is 0 Å². The quantitative estimate of drug-likeness (QED) is 0.178. The van der Waals surface area contributed by atoms with Gasteiger partial charge in [0.05, 0.1) is 22.1 Å². The van der Waals surface area contributed by atoms with Crippen molar-refractivity contribution < 1.29 is 0 Å². The largest absolute Gasteiger partial charge is 0.309 e. The summed E-state index contributed by atoms with van der Waals surface area (Å²) in [5.74, 6) is 0. The molecule has 2 nitrogen and oxygen atoms in total. The Labute approximate surface area is 290 Å². The molecule has 10 rings (SSSR count). The summed E-state index contributed by atoms with van der Waals surface area (Å²) in [4.78, 5) is 0. The minimum absolute atomic E-state index is 1.15. The number of aromatic nitrogens is 2. The zero-order valence-corrected chi connectivity index (χ0v) is 27.4. The molecular weight excluding hydrogens is 605 g/mol. The summed E-state index contributed by atoms with van der Waals surface area (Å²) in [5.41, 5.74) is 14.5. The Kier molecular flexibility index (Phi) is 6.53. The highest BCUT2D eigenvalue weighted by atomic mass is 15.0. The van der Waals surface area contributed by atoms with Gasteiger partial charge in [0.1, 0.15) is 0 Å². The molecule has 2 heterocycles. The SMILES string of the molecule is c1ccc(-c2cccc(-c3ccc(-n4c5ccccc5c5cc(-c6cccc(-n7c8ccccc8c8ccccc87)c6)ccc54)cc3)c2)cc1. The molecule has 8 aromatic carbocycles. The fraction of sp³-hybridized carbons (Fsp3) is 0. The van der Waals surface area contributed by atoms with Crippen LogP contribution >= 0.6 is 0 Å². The molecule has 0 unspecified atom stereocenters. The van der Waals surface area contributed by atoms with Gasteiger partial charge in [-0.25, -0.2) is 0 Å². The Balaban J connectivity index is 1.06. The lowest BCUT2D eigenvalue weighted by Crippen LogP contribution is -1.94. The van der Waals surface area contributed by atoms with Crippen LogP contribution in [0.15, 0.2) is 194 Å². The van der Waals surface area contributed by atoms with Crippen molar-refractivity contribution in [3.05, 3.63) is 194 Å². The first-order chi connectivity index (χ1) is 24.8. The van der Waals surface area contributed by atoms with Gasteiger partial charge in [-0.1, -0.05) is 133 Å². The van der Waals surface area contributed by atoms with E-state index in [1.165, 1.54) is 77.0 Å². The number of benzene rings is 8. The summed E-state index contributed by atoms with van der Waals surface area (Å²) in [6, 6.07) is 70.4. The Hall–Kier alpha value is -6.64. The lowest BCUT2D eigenvalue weighted by atomic mass is 9.99. The molecule has 234 valence electrons. The second-order valence-corrected chi connectivity index (χ2v) is 13.0. The van der Waals surface area contributed by atoms with E-state index in [9.17, 15) is 0 Å². The normalized spacial score (nSPS) is 11.6. The van der Waals surface area contributed by atoms with Gasteiger partial charge in [0, 0.05) is 32.9 Å². The van der Waals surface area contributed by atoms with Crippen LogP contribution < -0.4 is 0 Å². The molecule has 0 aliphatic heterocycles. The predicted molar refractivity (Wildman–Crippen MR) is 211 cm³/mol. The Morgan fingerprint density at radius 1 is 0.220 bits per heavy atom. The number of rotatable bonds is 5. The van der Waals surface area contributed by atoms with Gasteiger partial charge in [0.25, 0.3) is 0 Å². The number of para-hydroxylation sites is 3. The van der Waals surface area contributed by atoms with Crippen LogP contribution in [0.4, 0.5) is 0 Å². The van der Waals surface area contributed by atoms with Crippen LogP contribution in [-0.4, -0.2) is 9.13 Å². The third-order valence-corrected chi connectivity index (χ3v) is 10.1. The molecule has 0 N–H and O–H groups in total. The van der Waals surface area contributed by atoms with Gasteiger partial charge >= 0.3 is 0 Å². The van der Waals surface area contributed by atoms with Crippen molar-refractivity contribution in [1.82, 2.24) is 9.13 Å². The van der Waals surface area contributed by atoms with Crippen LogP contribution in [0.1, 0.15) is 0 Å². The van der Waals surface area contributed by atoms with Gasteiger partial charge in [0.15, 0.2) is 0 Å². The molecule has 0 amide bonds. The fourth-order valence-corrected chi connectivity index (χ4v) is 7.77. The van der Waals surface area contributed by atoms with E-state index in [4.69, 9.17) is 0 Å². The Bertz CT molecular complexity index is 2800. The molecule has 10 aromatic rings. The smallest absolute Gasteiger partial charge is 0.0541 e. The van der Waals surface area contributed by atoms with Gasteiger partial charge in [0.2, 0.25) is 0 Å². The zero-order valence-electron chi connectivity index (χ0n) is 27.4. The molecule has 0 bridgehead atoms. The molecule has 2 aromatic heterocycles. The van der Waals surface area contributed by atoms with Gasteiger partial charge in [-0.05, 0) is 94.0 Å². The maximum Gasteiger partial charge on any atom is 0.0541 e. The second kappa shape index (κ2) is 11.5. The monoisotopic (exact) mass is 636 g/mol. The molecule has 0 atom stereocenters. The van der Waals surface area contributed by atoms with Gasteiger partial charge < -0.3 is 9.13 Å². The minimum atomic E-state index is 1.15. The number of hydrogen-bond acceptors (Lipinski definition) is 0. The van der Waals surface area contributed by atoms with Gasteiger partial charge in [-0.3, -0.25) is 0 Å². The van der Waals surface area contributed by atoms with E-state index in [0.717, 1.165) is 11.4 Å². The molecule has 0 radical (unpaired) electrons. The van der Waals surface area contributed by atoms with E-state index in [-0.39, 0.29) is 0 Å². The topological polar surface area (TPSA) is 9.86 Å². The Morgan fingerprint density at radius 2 is 0.640 bits per heavy atom. The van der Waals surface area contributed by atoms with Crippen molar-refractivity contribution in [2.75, 3.05) is 0 Å². The van der Waals surface area contributed by atoms with E-state index in [1.807, 2.05) is 0 Å². The van der Waals surface area contributed by atoms with E-state index < -0.39 is 0 Å². The average Bonchev–Trinajstić information content (AvgIpc) is 3.71. The van der Waals surface area contributed by atoms with Crippen LogP contribution in [0.3, 0.4) is 0 Å². The highest BCUT2D eigenvalue weighted by Gasteiger charge is 2.15. The molecule has 0 saturated carbocycles. The molecule has 50 heavy (non-hydrogen) atoms. The summed E-state index contributed by atoms with van der Waals surface area (Å²) >= 11 is 0. The number of fused-ring (bicyclic) bond motifs is 6. The highest BCUT2D eigenvalue weighted by Crippen LogP contribution is 2.37. The van der Waals surface area contributed by atoms with Crippen molar-refractivity contribution in [3.63, 3.8) is 0 Å². The van der Waals surface area contributed by atoms with Gasteiger partial charge in [-0.15, -0.1) is 0 Å². The minimum Gasteiger partial charge on any atom is -0.309 e. The fourth-order valence-electron chi connectivity index (χ4n) is 7.77. The molecule has 0 saturated heterocycles. The highest BCUT2D eigenvalue weighted by molar-refractivity contribution is 6.11. The zero-order chi connectivity index (χ0) is 33.0. The average molecular weight is 637 g/mol. The van der Waals surface area contributed by atoms with Crippen molar-refractivity contribution >= 4 is 43.6 Å². The first kappa shape index (κ1) is 28.4. The molecule has 2 heteroatoms. The first-order valence-electron chi connectivity index (χ1n) is 17.2. The third kappa shape index (κ3) is 4.57. The number of nitrogens with zero attached hydrogens (tertiary/aromatic N) is 2. The van der Waals surface area contributed by atoms with Crippen LogP contribution in [0, 0.1) is 0 Å². The third-order valence-electron chi connectivity index (χ3n) is 10.1. The lowest BCUT2D eigenvalue weighted by molar-refractivity contribution is 1.18. The summed E-state index contributed by atoms with van der Waals surface area (Å²) in [6.45, 7) is 0. The molecular formula is C48H32N2. The molecule has 0 aliphatic carbocycles. The van der Waals surface area contributed by atoms with E-state index in [2.05, 4.69) is 203 Å². The number of hydrogen-bond donors (Lipinski definition) is 0. The van der Waals surface area contributed by atoms with Crippen LogP contribution in [-0.2, 0) is 0 Å². The predicted octanol–water partition coefficient (Wildman–Crippen LogP) is 12.9. The standard InChI is InChI=1S/C48H32N2/c1-2-12-33(13-3-1)35-14-10-15-36(30-35)34-24-27-39(28-25-34)49-47-23-9-6-20-43(47)44-32-38(26-29-48(44)49)37-16-11-17-40(31-37)50-45-21-7-4-18-41(45)42-19-5-8-22-46(42)50/h1-32H. The van der Waals surface area contributed by atoms with E-state index in [1.54, 1.807) is 0 Å². The van der Waals surface area contributed by atoms with Crippen LogP contribution in [0.5, 0.6) is 0 Å². The van der Waals surface area contributed by atoms with Crippen molar-refractivity contribution in [2.24, 2.45) is 0 Å². The van der Waals surface area contributed by atoms with Crippen molar-refractivity contribution in [3.8, 4) is 44.8 Å². The molecule has 0 aliphatic rings. The van der Waals surface area contributed by atoms with Gasteiger partial charge in [-0.2, -0.15) is 0 Å². The Morgan fingerprint density at radius 3 is 1.28 bits per heavy atom. The van der Waals surface area contributed by atoms with Crippen molar-refractivity contribution in [2.45, 2.75) is 0 Å². The summed E-state index contributed by atoms with van der Waals surface area (Å²) < 4.78 is 4.79. The second-order valence-electron chi connectivity index (χ2n) is 13.0. The summed E-state index contributed by atoms with van der Waals surface area (Å²) in [5, 5.41) is 5.05. The first-order valence-corrected chi connectivity index (χ1v) is 17.2. The summed E-state index contributed by atoms with van der Waals surface area (Å²) in [7, 11) is 0. The lowest BCUT2D eigenvalue weighted by Gasteiger charge is -2.12. The molecule has 0 fully saturated rings.